The predicted octanol–water partition coefficient (Wildman–Crippen LogP) is 3.05. The fourth-order valence-electron chi connectivity index (χ4n) is 3.69. The van der Waals surface area contributed by atoms with Crippen LogP contribution in [0.15, 0.2) is 24.3 Å². The van der Waals surface area contributed by atoms with E-state index in [-0.39, 0.29) is 11.8 Å². The Morgan fingerprint density at radius 3 is 2.58 bits per heavy atom. The van der Waals surface area contributed by atoms with Crippen LogP contribution in [0.4, 0.5) is 0 Å². The third-order valence-electron chi connectivity index (χ3n) is 5.21. The molecule has 0 aromatic heterocycles. The summed E-state index contributed by atoms with van der Waals surface area (Å²) in [4.78, 5) is 16.8. The molecule has 24 heavy (non-hydrogen) atoms. The van der Waals surface area contributed by atoms with Crippen LogP contribution < -0.4 is 0 Å². The number of carbonyl (C=O) groups is 1. The highest BCUT2D eigenvalue weighted by molar-refractivity contribution is 6.30. The van der Waals surface area contributed by atoms with Crippen LogP contribution in [-0.2, 0) is 16.1 Å². The van der Waals surface area contributed by atoms with Crippen molar-refractivity contribution in [3.05, 3.63) is 34.9 Å². The summed E-state index contributed by atoms with van der Waals surface area (Å²) in [5.41, 5.74) is 1.31. The average Bonchev–Trinajstić information content (AvgIpc) is 3.12. The van der Waals surface area contributed by atoms with Crippen LogP contribution in [0.1, 0.15) is 24.8 Å². The molecule has 4 nitrogen and oxygen atoms in total. The Bertz CT molecular complexity index is 535. The van der Waals surface area contributed by atoms with Crippen molar-refractivity contribution in [2.24, 2.45) is 11.8 Å². The van der Waals surface area contributed by atoms with Gasteiger partial charge < -0.3 is 9.64 Å². The summed E-state index contributed by atoms with van der Waals surface area (Å²) in [6, 6.07) is 8.11. The molecule has 0 radical (unpaired) electrons. The highest BCUT2D eigenvalue weighted by Gasteiger charge is 2.28. The van der Waals surface area contributed by atoms with Gasteiger partial charge in [0.15, 0.2) is 0 Å². The van der Waals surface area contributed by atoms with Crippen molar-refractivity contribution in [3.63, 3.8) is 0 Å². The van der Waals surface area contributed by atoms with Crippen molar-refractivity contribution in [3.8, 4) is 0 Å². The molecule has 1 amide bonds. The number of nitrogens with zero attached hydrogens (tertiary/aromatic N) is 2. The molecule has 2 aliphatic heterocycles. The molecule has 2 saturated heterocycles. The zero-order chi connectivity index (χ0) is 16.9. The number of ether oxygens (including phenoxy) is 1. The summed E-state index contributed by atoms with van der Waals surface area (Å²) >= 11 is 5.94. The molecule has 1 unspecified atom stereocenters. The molecule has 132 valence electrons. The lowest BCUT2D eigenvalue weighted by Gasteiger charge is -2.34. The smallest absolute Gasteiger partial charge is 0.227 e. The maximum atomic E-state index is 12.4. The van der Waals surface area contributed by atoms with Crippen LogP contribution in [0.2, 0.25) is 5.02 Å². The lowest BCUT2D eigenvalue weighted by atomic mass is 9.95. The van der Waals surface area contributed by atoms with Crippen LogP contribution >= 0.6 is 11.6 Å². The van der Waals surface area contributed by atoms with E-state index < -0.39 is 0 Å². The Balaban J connectivity index is 1.41. The minimum atomic E-state index is 0.0833. The Labute approximate surface area is 149 Å². The maximum Gasteiger partial charge on any atom is 0.227 e. The Hall–Kier alpha value is -1.10. The van der Waals surface area contributed by atoms with Gasteiger partial charge in [0, 0.05) is 31.8 Å². The van der Waals surface area contributed by atoms with E-state index in [1.165, 1.54) is 5.56 Å². The number of benzene rings is 1. The molecule has 3 rings (SSSR count). The van der Waals surface area contributed by atoms with E-state index in [0.717, 1.165) is 57.1 Å². The third kappa shape index (κ3) is 4.71. The van der Waals surface area contributed by atoms with Gasteiger partial charge in [-0.25, -0.2) is 0 Å². The van der Waals surface area contributed by atoms with Gasteiger partial charge in [0.25, 0.3) is 0 Å². The van der Waals surface area contributed by atoms with Gasteiger partial charge in [-0.15, -0.1) is 0 Å². The fourth-order valence-corrected chi connectivity index (χ4v) is 3.82. The van der Waals surface area contributed by atoms with Gasteiger partial charge in [-0.1, -0.05) is 23.7 Å². The molecule has 0 N–H and O–H groups in total. The molecular weight excluding hydrogens is 324 g/mol. The monoisotopic (exact) mass is 350 g/mol. The maximum absolute atomic E-state index is 12.4. The minimum absolute atomic E-state index is 0.0833. The van der Waals surface area contributed by atoms with Crippen LogP contribution in [0.3, 0.4) is 0 Å². The second kappa shape index (κ2) is 8.32. The highest BCUT2D eigenvalue weighted by atomic mass is 35.5. The van der Waals surface area contributed by atoms with Crippen LogP contribution in [-0.4, -0.2) is 55.6 Å². The predicted molar refractivity (Wildman–Crippen MR) is 96.0 cm³/mol. The van der Waals surface area contributed by atoms with Gasteiger partial charge in [-0.05, 0) is 56.0 Å². The van der Waals surface area contributed by atoms with Crippen molar-refractivity contribution in [1.82, 2.24) is 9.80 Å². The molecule has 2 aliphatic rings. The summed E-state index contributed by atoms with van der Waals surface area (Å²) in [6.07, 6.45) is 3.20. The normalized spacial score (nSPS) is 22.7. The number of carbonyl (C=O) groups excluding carboxylic acids is 1. The lowest BCUT2D eigenvalue weighted by Crippen LogP contribution is -2.41. The SMILES string of the molecule is CN(CC1CCN(Cc2ccc(Cl)cc2)CC1)C(=O)C1CCOC1. The summed E-state index contributed by atoms with van der Waals surface area (Å²) in [5, 5.41) is 0.790. The van der Waals surface area contributed by atoms with E-state index in [9.17, 15) is 4.79 Å². The number of piperidine rings is 1. The second-order valence-electron chi connectivity index (χ2n) is 7.13. The van der Waals surface area contributed by atoms with E-state index in [1.807, 2.05) is 24.1 Å². The van der Waals surface area contributed by atoms with Gasteiger partial charge in [0.05, 0.1) is 12.5 Å². The minimum Gasteiger partial charge on any atom is -0.381 e. The molecule has 1 aromatic rings. The number of halogens is 1. The van der Waals surface area contributed by atoms with Crippen LogP contribution in [0.25, 0.3) is 0 Å². The number of likely N-dealkylation sites (tertiary alicyclic amines) is 1. The largest absolute Gasteiger partial charge is 0.381 e. The van der Waals surface area contributed by atoms with E-state index in [2.05, 4.69) is 17.0 Å². The van der Waals surface area contributed by atoms with Gasteiger partial charge in [-0.3, -0.25) is 9.69 Å². The zero-order valence-electron chi connectivity index (χ0n) is 14.4. The summed E-state index contributed by atoms with van der Waals surface area (Å²) < 4.78 is 5.33. The number of rotatable bonds is 5. The Kier molecular flexibility index (Phi) is 6.14. The van der Waals surface area contributed by atoms with Crippen molar-refractivity contribution >= 4 is 17.5 Å². The van der Waals surface area contributed by atoms with Crippen molar-refractivity contribution in [1.29, 1.82) is 0 Å². The fraction of sp³-hybridized carbons (Fsp3) is 0.632. The van der Waals surface area contributed by atoms with Crippen molar-refractivity contribution in [2.45, 2.75) is 25.8 Å². The lowest BCUT2D eigenvalue weighted by molar-refractivity contribution is -0.134. The molecule has 0 saturated carbocycles. The molecule has 5 heteroatoms. The van der Waals surface area contributed by atoms with Crippen molar-refractivity contribution in [2.75, 3.05) is 39.9 Å². The van der Waals surface area contributed by atoms with Gasteiger partial charge >= 0.3 is 0 Å². The van der Waals surface area contributed by atoms with Gasteiger partial charge in [0.2, 0.25) is 5.91 Å². The molecule has 0 aliphatic carbocycles. The molecular formula is C19H27ClN2O2. The molecule has 1 aromatic carbocycles. The number of amides is 1. The van der Waals surface area contributed by atoms with E-state index in [1.54, 1.807) is 0 Å². The first kappa shape index (κ1) is 17.7. The Morgan fingerprint density at radius 1 is 1.25 bits per heavy atom. The molecule has 1 atom stereocenters. The highest BCUT2D eigenvalue weighted by Crippen LogP contribution is 2.22. The summed E-state index contributed by atoms with van der Waals surface area (Å²) in [6.45, 7) is 5.39. The standard InChI is InChI=1S/C19H27ClN2O2/c1-21(19(23)17-8-11-24-14-17)12-16-6-9-22(10-7-16)13-15-2-4-18(20)5-3-15/h2-5,16-17H,6-14H2,1H3. The molecule has 2 fully saturated rings. The Morgan fingerprint density at radius 2 is 1.96 bits per heavy atom. The number of hydrogen-bond acceptors (Lipinski definition) is 3. The summed E-state index contributed by atoms with van der Waals surface area (Å²) in [7, 11) is 1.95. The third-order valence-corrected chi connectivity index (χ3v) is 5.47. The van der Waals surface area contributed by atoms with Crippen molar-refractivity contribution < 1.29 is 9.53 Å². The topological polar surface area (TPSA) is 32.8 Å². The van der Waals surface area contributed by atoms with Crippen LogP contribution in [0, 0.1) is 11.8 Å². The van der Waals surface area contributed by atoms with Gasteiger partial charge in [-0.2, -0.15) is 0 Å². The molecule has 2 heterocycles. The number of hydrogen-bond donors (Lipinski definition) is 0. The van der Waals surface area contributed by atoms with E-state index in [0.29, 0.717) is 12.5 Å². The zero-order valence-corrected chi connectivity index (χ0v) is 15.2. The van der Waals surface area contributed by atoms with E-state index >= 15 is 0 Å². The summed E-state index contributed by atoms with van der Waals surface area (Å²) in [5.74, 6) is 0.957. The quantitative estimate of drug-likeness (QED) is 0.818. The first-order valence-electron chi connectivity index (χ1n) is 8.91. The first-order valence-corrected chi connectivity index (χ1v) is 9.29. The second-order valence-corrected chi connectivity index (χ2v) is 7.56. The molecule has 0 spiro atoms. The first-order chi connectivity index (χ1) is 11.6. The molecule has 0 bridgehead atoms. The van der Waals surface area contributed by atoms with Gasteiger partial charge in [0.1, 0.15) is 0 Å². The van der Waals surface area contributed by atoms with Crippen LogP contribution in [0.5, 0.6) is 0 Å². The van der Waals surface area contributed by atoms with E-state index in [4.69, 9.17) is 16.3 Å². The average molecular weight is 351 g/mol.